The van der Waals surface area contributed by atoms with Crippen LogP contribution in [-0.2, 0) is 21.2 Å². The number of carbonyl (C=O) groups excluding carboxylic acids is 1. The lowest BCUT2D eigenvalue weighted by molar-refractivity contribution is -0.116. The number of carbonyl (C=O) groups is 1. The molecule has 0 saturated carbocycles. The summed E-state index contributed by atoms with van der Waals surface area (Å²) in [7, 11) is -3.69. The molecule has 2 aromatic carbocycles. The van der Waals surface area contributed by atoms with E-state index >= 15 is 0 Å². The van der Waals surface area contributed by atoms with Crippen LogP contribution in [0.2, 0.25) is 5.02 Å². The standard InChI is InChI=1S/C20H20ClN3O3S2/c1-13-3-8-17(9-4-13)29(26,27)24-20-22-16(12-28-20)7-10-19(25)23-18-11-15(21)6-5-14(18)2/h3-6,8-9,11-12H,7,10H2,1-2H3,(H,22,24)(H,23,25). The van der Waals surface area contributed by atoms with Gasteiger partial charge in [-0.3, -0.25) is 9.52 Å². The molecular weight excluding hydrogens is 430 g/mol. The van der Waals surface area contributed by atoms with Crippen molar-refractivity contribution in [1.82, 2.24) is 4.98 Å². The summed E-state index contributed by atoms with van der Waals surface area (Å²) in [6.45, 7) is 3.78. The number of nitrogens with zero attached hydrogens (tertiary/aromatic N) is 1. The number of aryl methyl sites for hydroxylation is 3. The summed E-state index contributed by atoms with van der Waals surface area (Å²) in [6.07, 6.45) is 0.619. The zero-order chi connectivity index (χ0) is 21.0. The topological polar surface area (TPSA) is 88.2 Å². The molecule has 0 aliphatic heterocycles. The molecule has 9 heteroatoms. The lowest BCUT2D eigenvalue weighted by Crippen LogP contribution is -2.14. The van der Waals surface area contributed by atoms with E-state index in [9.17, 15) is 13.2 Å². The molecule has 1 heterocycles. The van der Waals surface area contributed by atoms with Gasteiger partial charge < -0.3 is 5.32 Å². The second-order valence-electron chi connectivity index (χ2n) is 6.57. The highest BCUT2D eigenvalue weighted by Gasteiger charge is 2.16. The molecule has 0 fully saturated rings. The van der Waals surface area contributed by atoms with E-state index in [2.05, 4.69) is 15.0 Å². The van der Waals surface area contributed by atoms with Crippen LogP contribution in [0.5, 0.6) is 0 Å². The van der Waals surface area contributed by atoms with Gasteiger partial charge in [-0.15, -0.1) is 11.3 Å². The molecular formula is C20H20ClN3O3S2. The molecule has 0 saturated heterocycles. The molecule has 0 bridgehead atoms. The van der Waals surface area contributed by atoms with Gasteiger partial charge in [-0.2, -0.15) is 0 Å². The second kappa shape index (κ2) is 8.94. The van der Waals surface area contributed by atoms with E-state index in [4.69, 9.17) is 11.6 Å². The first-order chi connectivity index (χ1) is 13.7. The maximum Gasteiger partial charge on any atom is 0.263 e. The Morgan fingerprint density at radius 1 is 1.14 bits per heavy atom. The van der Waals surface area contributed by atoms with Gasteiger partial charge in [0, 0.05) is 22.5 Å². The van der Waals surface area contributed by atoms with Crippen LogP contribution in [0.15, 0.2) is 52.7 Å². The minimum absolute atomic E-state index is 0.162. The summed E-state index contributed by atoms with van der Waals surface area (Å²) in [6, 6.07) is 11.9. The van der Waals surface area contributed by atoms with E-state index in [1.165, 1.54) is 11.3 Å². The minimum atomic E-state index is -3.69. The molecule has 0 spiro atoms. The van der Waals surface area contributed by atoms with Crippen molar-refractivity contribution < 1.29 is 13.2 Å². The van der Waals surface area contributed by atoms with Crippen LogP contribution in [0.3, 0.4) is 0 Å². The van der Waals surface area contributed by atoms with Gasteiger partial charge in [0.15, 0.2) is 5.13 Å². The normalized spacial score (nSPS) is 11.3. The number of anilines is 2. The van der Waals surface area contributed by atoms with E-state index in [1.807, 2.05) is 19.9 Å². The fraction of sp³-hybridized carbons (Fsp3) is 0.200. The van der Waals surface area contributed by atoms with Crippen LogP contribution >= 0.6 is 22.9 Å². The third-order valence-electron chi connectivity index (χ3n) is 4.19. The zero-order valence-electron chi connectivity index (χ0n) is 15.9. The molecule has 29 heavy (non-hydrogen) atoms. The van der Waals surface area contributed by atoms with Crippen molar-refractivity contribution in [3.8, 4) is 0 Å². The average molecular weight is 450 g/mol. The molecule has 3 aromatic rings. The number of thiazole rings is 1. The summed E-state index contributed by atoms with van der Waals surface area (Å²) >= 11 is 7.15. The monoisotopic (exact) mass is 449 g/mol. The van der Waals surface area contributed by atoms with Gasteiger partial charge in [0.25, 0.3) is 10.0 Å². The predicted octanol–water partition coefficient (Wildman–Crippen LogP) is 4.79. The average Bonchev–Trinajstić information content (AvgIpc) is 3.10. The smallest absolute Gasteiger partial charge is 0.263 e. The van der Waals surface area contributed by atoms with Crippen molar-refractivity contribution >= 4 is 49.7 Å². The number of aromatic nitrogens is 1. The number of benzene rings is 2. The Bertz CT molecular complexity index is 1130. The second-order valence-corrected chi connectivity index (χ2v) is 9.55. The zero-order valence-corrected chi connectivity index (χ0v) is 18.3. The van der Waals surface area contributed by atoms with Gasteiger partial charge in [0.05, 0.1) is 10.6 Å². The number of halogens is 1. The third-order valence-corrected chi connectivity index (χ3v) is 6.71. The summed E-state index contributed by atoms with van der Waals surface area (Å²) < 4.78 is 27.3. The van der Waals surface area contributed by atoms with E-state index in [1.54, 1.807) is 41.8 Å². The summed E-state index contributed by atoms with van der Waals surface area (Å²) in [4.78, 5) is 16.7. The molecule has 1 aromatic heterocycles. The number of hydrogen-bond acceptors (Lipinski definition) is 5. The van der Waals surface area contributed by atoms with Gasteiger partial charge in [-0.1, -0.05) is 35.4 Å². The highest BCUT2D eigenvalue weighted by Crippen LogP contribution is 2.22. The number of sulfonamides is 1. The van der Waals surface area contributed by atoms with Crippen molar-refractivity contribution in [2.45, 2.75) is 31.6 Å². The summed E-state index contributed by atoms with van der Waals surface area (Å²) in [5.41, 5.74) is 3.22. The fourth-order valence-corrected chi connectivity index (χ4v) is 4.71. The molecule has 0 aliphatic rings. The number of amides is 1. The van der Waals surface area contributed by atoms with Gasteiger partial charge >= 0.3 is 0 Å². The van der Waals surface area contributed by atoms with Crippen molar-refractivity contribution in [1.29, 1.82) is 0 Å². The highest BCUT2D eigenvalue weighted by molar-refractivity contribution is 7.93. The van der Waals surface area contributed by atoms with E-state index < -0.39 is 10.0 Å². The molecule has 0 atom stereocenters. The summed E-state index contributed by atoms with van der Waals surface area (Å²) in [5, 5.41) is 5.40. The van der Waals surface area contributed by atoms with Gasteiger partial charge in [0.1, 0.15) is 0 Å². The molecule has 0 aliphatic carbocycles. The van der Waals surface area contributed by atoms with Crippen LogP contribution in [-0.4, -0.2) is 19.3 Å². The first kappa shape index (κ1) is 21.3. The Labute approximate surface area is 179 Å². The quantitative estimate of drug-likeness (QED) is 0.543. The highest BCUT2D eigenvalue weighted by atomic mass is 35.5. The van der Waals surface area contributed by atoms with Crippen LogP contribution in [0, 0.1) is 13.8 Å². The van der Waals surface area contributed by atoms with Crippen LogP contribution < -0.4 is 10.0 Å². The third kappa shape index (κ3) is 5.79. The number of nitrogens with one attached hydrogen (secondary N) is 2. The minimum Gasteiger partial charge on any atom is -0.326 e. The van der Waals surface area contributed by atoms with Crippen molar-refractivity contribution in [2.24, 2.45) is 0 Å². The molecule has 1 amide bonds. The maximum atomic E-state index is 12.4. The lowest BCUT2D eigenvalue weighted by atomic mass is 10.2. The Morgan fingerprint density at radius 3 is 2.59 bits per heavy atom. The molecule has 3 rings (SSSR count). The SMILES string of the molecule is Cc1ccc(S(=O)(=O)Nc2nc(CCC(=O)Nc3cc(Cl)ccc3C)cs2)cc1. The molecule has 6 nitrogen and oxygen atoms in total. The van der Waals surface area contributed by atoms with Gasteiger partial charge in [-0.05, 0) is 50.1 Å². The van der Waals surface area contributed by atoms with Crippen LogP contribution in [0.25, 0.3) is 0 Å². The fourth-order valence-electron chi connectivity index (χ4n) is 2.54. The maximum absolute atomic E-state index is 12.4. The van der Waals surface area contributed by atoms with Crippen molar-refractivity contribution in [2.75, 3.05) is 10.0 Å². The Balaban J connectivity index is 1.58. The van der Waals surface area contributed by atoms with Crippen LogP contribution in [0.1, 0.15) is 23.2 Å². The molecule has 152 valence electrons. The van der Waals surface area contributed by atoms with Crippen molar-refractivity contribution in [3.05, 3.63) is 69.7 Å². The van der Waals surface area contributed by atoms with Crippen LogP contribution in [0.4, 0.5) is 10.8 Å². The predicted molar refractivity (Wildman–Crippen MR) is 117 cm³/mol. The first-order valence-corrected chi connectivity index (χ1v) is 11.6. The molecule has 0 radical (unpaired) electrons. The van der Waals surface area contributed by atoms with E-state index in [0.29, 0.717) is 22.8 Å². The number of rotatable bonds is 7. The van der Waals surface area contributed by atoms with E-state index in [-0.39, 0.29) is 22.4 Å². The van der Waals surface area contributed by atoms with Gasteiger partial charge in [-0.25, -0.2) is 13.4 Å². The lowest BCUT2D eigenvalue weighted by Gasteiger charge is -2.08. The molecule has 2 N–H and O–H groups in total. The Morgan fingerprint density at radius 2 is 1.86 bits per heavy atom. The Hall–Kier alpha value is -2.42. The Kier molecular flexibility index (Phi) is 6.56. The molecule has 0 unspecified atom stereocenters. The summed E-state index contributed by atoms with van der Waals surface area (Å²) in [5.74, 6) is -0.162. The van der Waals surface area contributed by atoms with Crippen molar-refractivity contribution in [3.63, 3.8) is 0 Å². The first-order valence-electron chi connectivity index (χ1n) is 8.83. The van der Waals surface area contributed by atoms with E-state index in [0.717, 1.165) is 11.1 Å². The largest absolute Gasteiger partial charge is 0.326 e. The van der Waals surface area contributed by atoms with Gasteiger partial charge in [0.2, 0.25) is 5.91 Å². The number of hydrogen-bond donors (Lipinski definition) is 2.